The highest BCUT2D eigenvalue weighted by Crippen LogP contribution is 2.40. The highest BCUT2D eigenvalue weighted by atomic mass is 32.2. The van der Waals surface area contributed by atoms with Gasteiger partial charge in [-0.3, -0.25) is 9.36 Å². The number of carbonyl (C=O) groups excluding carboxylic acids is 1. The number of benzene rings is 1. The summed E-state index contributed by atoms with van der Waals surface area (Å²) >= 11 is 1.36. The van der Waals surface area contributed by atoms with Gasteiger partial charge in [-0.2, -0.15) is 4.98 Å². The van der Waals surface area contributed by atoms with Crippen molar-refractivity contribution in [2.75, 3.05) is 11.9 Å². The summed E-state index contributed by atoms with van der Waals surface area (Å²) in [5.74, 6) is -0.191. The molecule has 1 fully saturated rings. The van der Waals surface area contributed by atoms with Gasteiger partial charge in [-0.15, -0.1) is 11.8 Å². The van der Waals surface area contributed by atoms with Crippen LogP contribution in [0.2, 0.25) is 0 Å². The van der Waals surface area contributed by atoms with Crippen molar-refractivity contribution in [1.29, 1.82) is 0 Å². The third-order valence-electron chi connectivity index (χ3n) is 3.92. The summed E-state index contributed by atoms with van der Waals surface area (Å²) in [7, 11) is 0. The number of thioether (sulfide) groups is 1. The molecule has 1 aliphatic heterocycles. The standard InChI is InChI=1S/C17H19N3O5S/c1-10(22)18-13-7-8-20(17(24)19-13)16-15(14(23)12(9-21)25-16)26-11-5-3-2-4-6-11/h2-8,12,14-16,21,23H,9H2,1H3,(H,18,19,22,24)/t12-,14-,15-,16-/m1/s1. The maximum absolute atomic E-state index is 12.4. The lowest BCUT2D eigenvalue weighted by molar-refractivity contribution is -0.114. The molecule has 8 nitrogen and oxygen atoms in total. The van der Waals surface area contributed by atoms with Gasteiger partial charge in [-0.1, -0.05) is 18.2 Å². The molecule has 0 bridgehead atoms. The van der Waals surface area contributed by atoms with Crippen LogP contribution in [0.15, 0.2) is 52.3 Å². The summed E-state index contributed by atoms with van der Waals surface area (Å²) in [4.78, 5) is 28.2. The van der Waals surface area contributed by atoms with Gasteiger partial charge in [-0.25, -0.2) is 4.79 Å². The second-order valence-electron chi connectivity index (χ2n) is 5.82. The minimum atomic E-state index is -0.961. The summed E-state index contributed by atoms with van der Waals surface area (Å²) in [5, 5.41) is 21.9. The molecule has 3 N–H and O–H groups in total. The lowest BCUT2D eigenvalue weighted by Gasteiger charge is -2.21. The van der Waals surface area contributed by atoms with Crippen LogP contribution in [0.3, 0.4) is 0 Å². The Kier molecular flexibility index (Phi) is 5.72. The first-order valence-corrected chi connectivity index (χ1v) is 8.90. The Labute approximate surface area is 153 Å². The predicted octanol–water partition coefficient (Wildman–Crippen LogP) is 0.613. The average molecular weight is 377 g/mol. The number of hydrogen-bond acceptors (Lipinski definition) is 7. The van der Waals surface area contributed by atoms with Crippen molar-refractivity contribution >= 4 is 23.5 Å². The van der Waals surface area contributed by atoms with Crippen LogP contribution in [0.5, 0.6) is 0 Å². The number of rotatable bonds is 5. The van der Waals surface area contributed by atoms with Gasteiger partial charge < -0.3 is 20.3 Å². The van der Waals surface area contributed by atoms with E-state index in [0.29, 0.717) is 0 Å². The molecule has 138 valence electrons. The molecule has 4 atom stereocenters. The Morgan fingerprint density at radius 2 is 2.08 bits per heavy atom. The minimum Gasteiger partial charge on any atom is -0.394 e. The topological polar surface area (TPSA) is 114 Å². The van der Waals surface area contributed by atoms with Crippen LogP contribution in [0, 0.1) is 0 Å². The smallest absolute Gasteiger partial charge is 0.351 e. The highest BCUT2D eigenvalue weighted by Gasteiger charge is 2.45. The lowest BCUT2D eigenvalue weighted by Crippen LogP contribution is -2.34. The number of aliphatic hydroxyl groups excluding tert-OH is 2. The van der Waals surface area contributed by atoms with Crippen molar-refractivity contribution in [1.82, 2.24) is 9.55 Å². The zero-order chi connectivity index (χ0) is 18.7. The van der Waals surface area contributed by atoms with E-state index in [-0.39, 0.29) is 18.3 Å². The van der Waals surface area contributed by atoms with Gasteiger partial charge in [0.15, 0.2) is 6.23 Å². The zero-order valence-electron chi connectivity index (χ0n) is 14.0. The fourth-order valence-corrected chi connectivity index (χ4v) is 3.99. The van der Waals surface area contributed by atoms with Gasteiger partial charge in [0, 0.05) is 18.0 Å². The van der Waals surface area contributed by atoms with Crippen LogP contribution >= 0.6 is 11.8 Å². The molecule has 0 saturated carbocycles. The third kappa shape index (κ3) is 3.96. The quantitative estimate of drug-likeness (QED) is 0.700. The molecule has 1 aliphatic rings. The molecule has 1 amide bonds. The Hall–Kier alpha value is -2.20. The highest BCUT2D eigenvalue weighted by molar-refractivity contribution is 8.00. The Morgan fingerprint density at radius 3 is 2.69 bits per heavy atom. The summed E-state index contributed by atoms with van der Waals surface area (Å²) < 4.78 is 6.97. The molecule has 1 saturated heterocycles. The number of nitrogens with zero attached hydrogens (tertiary/aromatic N) is 2. The van der Waals surface area contributed by atoms with Crippen LogP contribution < -0.4 is 11.0 Å². The molecule has 26 heavy (non-hydrogen) atoms. The van der Waals surface area contributed by atoms with Crippen molar-refractivity contribution in [3.8, 4) is 0 Å². The maximum Gasteiger partial charge on any atom is 0.351 e. The van der Waals surface area contributed by atoms with E-state index in [2.05, 4.69) is 10.3 Å². The summed E-state index contributed by atoms with van der Waals surface area (Å²) in [6.07, 6.45) is -1.12. The fraction of sp³-hybridized carbons (Fsp3) is 0.353. The van der Waals surface area contributed by atoms with E-state index in [1.165, 1.54) is 35.5 Å². The molecule has 9 heteroatoms. The van der Waals surface area contributed by atoms with Crippen molar-refractivity contribution in [3.05, 3.63) is 53.1 Å². The van der Waals surface area contributed by atoms with Crippen molar-refractivity contribution in [2.24, 2.45) is 0 Å². The van der Waals surface area contributed by atoms with E-state index in [1.807, 2.05) is 30.3 Å². The van der Waals surface area contributed by atoms with Gasteiger partial charge in [0.1, 0.15) is 11.9 Å². The Bertz CT molecular complexity index is 829. The summed E-state index contributed by atoms with van der Waals surface area (Å²) in [5.41, 5.74) is -0.620. The van der Waals surface area contributed by atoms with Crippen LogP contribution in [0.1, 0.15) is 13.2 Å². The largest absolute Gasteiger partial charge is 0.394 e. The molecule has 0 aliphatic carbocycles. The number of aliphatic hydroxyl groups is 2. The van der Waals surface area contributed by atoms with Crippen LogP contribution in [0.4, 0.5) is 5.82 Å². The Balaban J connectivity index is 1.90. The minimum absolute atomic E-state index is 0.142. The zero-order valence-corrected chi connectivity index (χ0v) is 14.8. The number of amides is 1. The molecule has 3 rings (SSSR count). The maximum atomic E-state index is 12.4. The van der Waals surface area contributed by atoms with Gasteiger partial charge in [0.25, 0.3) is 0 Å². The number of aromatic nitrogens is 2. The van der Waals surface area contributed by atoms with E-state index < -0.39 is 29.4 Å². The van der Waals surface area contributed by atoms with E-state index in [0.717, 1.165) is 4.90 Å². The van der Waals surface area contributed by atoms with Gasteiger partial charge in [-0.05, 0) is 18.2 Å². The number of carbonyl (C=O) groups is 1. The van der Waals surface area contributed by atoms with Crippen LogP contribution in [-0.4, -0.2) is 49.7 Å². The summed E-state index contributed by atoms with van der Waals surface area (Å²) in [6, 6.07) is 10.9. The molecular weight excluding hydrogens is 358 g/mol. The second kappa shape index (κ2) is 8.00. The van der Waals surface area contributed by atoms with E-state index in [1.54, 1.807) is 0 Å². The van der Waals surface area contributed by atoms with Crippen LogP contribution in [0.25, 0.3) is 0 Å². The molecule has 1 aromatic carbocycles. The van der Waals surface area contributed by atoms with E-state index >= 15 is 0 Å². The number of hydrogen-bond donors (Lipinski definition) is 3. The van der Waals surface area contributed by atoms with Crippen molar-refractivity contribution < 1.29 is 19.7 Å². The predicted molar refractivity (Wildman–Crippen MR) is 95.9 cm³/mol. The molecule has 0 radical (unpaired) electrons. The number of nitrogens with one attached hydrogen (secondary N) is 1. The normalized spacial score (nSPS) is 25.2. The molecule has 2 aromatic rings. The lowest BCUT2D eigenvalue weighted by atomic mass is 10.2. The first-order valence-electron chi connectivity index (χ1n) is 8.02. The molecule has 2 heterocycles. The first kappa shape index (κ1) is 18.6. The van der Waals surface area contributed by atoms with Crippen molar-refractivity contribution in [3.63, 3.8) is 0 Å². The molecule has 0 spiro atoms. The number of anilines is 1. The SMILES string of the molecule is CC(=O)Nc1ccn([C@@H]2O[C@H](CO)[C@@H](O)[C@H]2Sc2ccccc2)c(=O)n1. The second-order valence-corrected chi connectivity index (χ2v) is 7.07. The monoisotopic (exact) mass is 377 g/mol. The van der Waals surface area contributed by atoms with Gasteiger partial charge in [0.2, 0.25) is 5.91 Å². The van der Waals surface area contributed by atoms with E-state index in [9.17, 15) is 19.8 Å². The molecule has 1 aromatic heterocycles. The molecular formula is C17H19N3O5S. The summed E-state index contributed by atoms with van der Waals surface area (Å²) in [6.45, 7) is 0.956. The fourth-order valence-electron chi connectivity index (χ4n) is 2.73. The third-order valence-corrected chi connectivity index (χ3v) is 5.24. The van der Waals surface area contributed by atoms with Crippen molar-refractivity contribution in [2.45, 2.75) is 35.5 Å². The average Bonchev–Trinajstić information content (AvgIpc) is 2.91. The molecule has 0 unspecified atom stereocenters. The first-order chi connectivity index (χ1) is 12.5. The van der Waals surface area contributed by atoms with E-state index in [4.69, 9.17) is 4.74 Å². The van der Waals surface area contributed by atoms with Gasteiger partial charge >= 0.3 is 5.69 Å². The Morgan fingerprint density at radius 1 is 1.35 bits per heavy atom. The van der Waals surface area contributed by atoms with Gasteiger partial charge in [0.05, 0.1) is 18.0 Å². The van der Waals surface area contributed by atoms with Crippen LogP contribution in [-0.2, 0) is 9.53 Å². The number of ether oxygens (including phenoxy) is 1.